The third-order valence-corrected chi connectivity index (χ3v) is 2.85. The monoisotopic (exact) mass is 272 g/mol. The van der Waals surface area contributed by atoms with Crippen LogP contribution in [-0.2, 0) is 6.54 Å². The van der Waals surface area contributed by atoms with Crippen molar-refractivity contribution in [2.45, 2.75) is 19.9 Å². The van der Waals surface area contributed by atoms with Gasteiger partial charge in [0.05, 0.1) is 12.3 Å². The Morgan fingerprint density at radius 3 is 2.85 bits per heavy atom. The van der Waals surface area contributed by atoms with Crippen molar-refractivity contribution >= 4 is 11.5 Å². The van der Waals surface area contributed by atoms with Crippen LogP contribution in [0.2, 0.25) is 0 Å². The number of aromatic nitrogens is 2. The van der Waals surface area contributed by atoms with E-state index in [2.05, 4.69) is 16.9 Å². The van der Waals surface area contributed by atoms with Crippen molar-refractivity contribution in [3.63, 3.8) is 0 Å². The molecule has 20 heavy (non-hydrogen) atoms. The molecule has 0 amide bonds. The fourth-order valence-corrected chi connectivity index (χ4v) is 1.81. The molecule has 0 aliphatic rings. The number of nitrogen functional groups attached to an aromatic ring is 1. The highest BCUT2D eigenvalue weighted by atomic mass is 16.5. The van der Waals surface area contributed by atoms with E-state index >= 15 is 0 Å². The van der Waals surface area contributed by atoms with E-state index < -0.39 is 0 Å². The lowest BCUT2D eigenvalue weighted by Gasteiger charge is -2.19. The zero-order chi connectivity index (χ0) is 14.4. The Balaban J connectivity index is 2.11. The van der Waals surface area contributed by atoms with E-state index in [1.54, 1.807) is 6.20 Å². The highest BCUT2D eigenvalue weighted by molar-refractivity contribution is 5.54. The fraction of sp³-hybridized carbons (Fsp3) is 0.333. The summed E-state index contributed by atoms with van der Waals surface area (Å²) < 4.78 is 5.55. The maximum absolute atomic E-state index is 5.87. The van der Waals surface area contributed by atoms with E-state index in [0.29, 0.717) is 18.2 Å². The van der Waals surface area contributed by atoms with Gasteiger partial charge in [-0.05, 0) is 30.2 Å². The molecule has 0 bridgehead atoms. The summed E-state index contributed by atoms with van der Waals surface area (Å²) in [6, 6.07) is 7.68. The van der Waals surface area contributed by atoms with Crippen molar-refractivity contribution in [2.75, 3.05) is 24.3 Å². The molecule has 0 spiro atoms. The summed E-state index contributed by atoms with van der Waals surface area (Å²) in [5.74, 6) is 1.33. The minimum absolute atomic E-state index is 0.502. The second-order valence-electron chi connectivity index (χ2n) is 4.63. The van der Waals surface area contributed by atoms with Crippen molar-refractivity contribution in [1.82, 2.24) is 9.97 Å². The Morgan fingerprint density at radius 1 is 1.30 bits per heavy atom. The van der Waals surface area contributed by atoms with Gasteiger partial charge >= 0.3 is 0 Å². The lowest BCUT2D eigenvalue weighted by molar-refractivity contribution is 0.307. The Bertz CT molecular complexity index is 545. The quantitative estimate of drug-likeness (QED) is 0.875. The normalized spacial score (nSPS) is 10.3. The molecular formula is C15H20N4O. The predicted octanol–water partition coefficient (Wildman–Crippen LogP) is 2.48. The largest absolute Gasteiger partial charge is 0.476 e. The standard InChI is InChI=1S/C15H20N4O/c1-3-9-20-15-13(16)6-7-14(18-15)19(2)11-12-5-4-8-17-10-12/h4-8,10H,3,9,11,16H2,1-2H3. The van der Waals surface area contributed by atoms with Gasteiger partial charge in [-0.25, -0.2) is 0 Å². The molecule has 5 heteroatoms. The third kappa shape index (κ3) is 3.60. The Morgan fingerprint density at radius 2 is 2.15 bits per heavy atom. The smallest absolute Gasteiger partial charge is 0.239 e. The molecule has 0 unspecified atom stereocenters. The predicted molar refractivity (Wildman–Crippen MR) is 80.8 cm³/mol. The van der Waals surface area contributed by atoms with E-state index in [1.165, 1.54) is 0 Å². The van der Waals surface area contributed by atoms with Crippen molar-refractivity contribution in [2.24, 2.45) is 0 Å². The molecule has 0 atom stereocenters. The van der Waals surface area contributed by atoms with E-state index in [-0.39, 0.29) is 0 Å². The first-order valence-electron chi connectivity index (χ1n) is 6.70. The van der Waals surface area contributed by atoms with E-state index in [1.807, 2.05) is 42.4 Å². The van der Waals surface area contributed by atoms with Gasteiger partial charge in [-0.2, -0.15) is 4.98 Å². The summed E-state index contributed by atoms with van der Waals surface area (Å²) in [6.07, 6.45) is 4.54. The Labute approximate surface area is 119 Å². The molecule has 5 nitrogen and oxygen atoms in total. The first kappa shape index (κ1) is 14.1. The lowest BCUT2D eigenvalue weighted by atomic mass is 10.2. The first-order valence-corrected chi connectivity index (χ1v) is 6.70. The molecule has 0 aromatic carbocycles. The van der Waals surface area contributed by atoms with Gasteiger partial charge in [0.2, 0.25) is 5.88 Å². The van der Waals surface area contributed by atoms with Crippen molar-refractivity contribution in [3.8, 4) is 5.88 Å². The molecule has 0 aliphatic heterocycles. The molecule has 0 radical (unpaired) electrons. The fourth-order valence-electron chi connectivity index (χ4n) is 1.81. The Hall–Kier alpha value is -2.30. The van der Waals surface area contributed by atoms with E-state index in [4.69, 9.17) is 10.5 Å². The van der Waals surface area contributed by atoms with Crippen LogP contribution in [0.5, 0.6) is 5.88 Å². The van der Waals surface area contributed by atoms with Gasteiger partial charge in [0, 0.05) is 26.0 Å². The lowest BCUT2D eigenvalue weighted by Crippen LogP contribution is -2.18. The molecule has 2 N–H and O–H groups in total. The minimum atomic E-state index is 0.502. The van der Waals surface area contributed by atoms with Crippen LogP contribution in [0.4, 0.5) is 11.5 Å². The van der Waals surface area contributed by atoms with E-state index in [9.17, 15) is 0 Å². The van der Waals surface area contributed by atoms with Crippen LogP contribution in [0.25, 0.3) is 0 Å². The number of hydrogen-bond donors (Lipinski definition) is 1. The highest BCUT2D eigenvalue weighted by Crippen LogP contribution is 2.23. The average molecular weight is 272 g/mol. The summed E-state index contributed by atoms with van der Waals surface area (Å²) in [6.45, 7) is 3.40. The van der Waals surface area contributed by atoms with Crippen molar-refractivity contribution < 1.29 is 4.74 Å². The molecular weight excluding hydrogens is 252 g/mol. The molecule has 2 aromatic heterocycles. The maximum atomic E-state index is 5.87. The van der Waals surface area contributed by atoms with Gasteiger partial charge < -0.3 is 15.4 Å². The summed E-state index contributed by atoms with van der Waals surface area (Å²) in [4.78, 5) is 10.6. The maximum Gasteiger partial charge on any atom is 0.239 e. The SMILES string of the molecule is CCCOc1nc(N(C)Cc2cccnc2)ccc1N. The summed E-state index contributed by atoms with van der Waals surface area (Å²) >= 11 is 0. The number of nitrogens with two attached hydrogens (primary N) is 1. The van der Waals surface area contributed by atoms with Gasteiger partial charge in [0.15, 0.2) is 0 Å². The van der Waals surface area contributed by atoms with Crippen LogP contribution in [-0.4, -0.2) is 23.6 Å². The van der Waals surface area contributed by atoms with E-state index in [0.717, 1.165) is 24.3 Å². The molecule has 2 aromatic rings. The Kier molecular flexibility index (Phi) is 4.76. The van der Waals surface area contributed by atoms with Gasteiger partial charge in [0.25, 0.3) is 0 Å². The topological polar surface area (TPSA) is 64.3 Å². The van der Waals surface area contributed by atoms with Crippen LogP contribution < -0.4 is 15.4 Å². The van der Waals surface area contributed by atoms with Gasteiger partial charge in [0.1, 0.15) is 5.82 Å². The molecule has 0 saturated carbocycles. The van der Waals surface area contributed by atoms with Crippen LogP contribution in [0.1, 0.15) is 18.9 Å². The van der Waals surface area contributed by atoms with Crippen molar-refractivity contribution in [1.29, 1.82) is 0 Å². The molecule has 106 valence electrons. The molecule has 0 fully saturated rings. The third-order valence-electron chi connectivity index (χ3n) is 2.85. The number of hydrogen-bond acceptors (Lipinski definition) is 5. The molecule has 0 saturated heterocycles. The van der Waals surface area contributed by atoms with Gasteiger partial charge in [-0.1, -0.05) is 13.0 Å². The number of anilines is 2. The zero-order valence-corrected chi connectivity index (χ0v) is 11.9. The summed E-state index contributed by atoms with van der Waals surface area (Å²) in [7, 11) is 1.98. The van der Waals surface area contributed by atoms with Crippen LogP contribution in [0, 0.1) is 0 Å². The van der Waals surface area contributed by atoms with Crippen LogP contribution >= 0.6 is 0 Å². The second-order valence-corrected chi connectivity index (χ2v) is 4.63. The molecule has 2 rings (SSSR count). The number of ether oxygens (including phenoxy) is 1. The van der Waals surface area contributed by atoms with Gasteiger partial charge in [-0.3, -0.25) is 4.98 Å². The minimum Gasteiger partial charge on any atom is -0.476 e. The van der Waals surface area contributed by atoms with Crippen molar-refractivity contribution in [3.05, 3.63) is 42.2 Å². The summed E-state index contributed by atoms with van der Waals surface area (Å²) in [5.41, 5.74) is 7.56. The second kappa shape index (κ2) is 6.75. The molecule has 2 heterocycles. The number of nitrogens with zero attached hydrogens (tertiary/aromatic N) is 3. The summed E-state index contributed by atoms with van der Waals surface area (Å²) in [5, 5.41) is 0. The zero-order valence-electron chi connectivity index (χ0n) is 11.9. The highest BCUT2D eigenvalue weighted by Gasteiger charge is 2.08. The number of rotatable bonds is 6. The van der Waals surface area contributed by atoms with Crippen LogP contribution in [0.3, 0.4) is 0 Å². The molecule has 0 aliphatic carbocycles. The number of pyridine rings is 2. The van der Waals surface area contributed by atoms with Crippen LogP contribution in [0.15, 0.2) is 36.7 Å². The van der Waals surface area contributed by atoms with Gasteiger partial charge in [-0.15, -0.1) is 0 Å². The average Bonchev–Trinajstić information content (AvgIpc) is 2.47. The first-order chi connectivity index (χ1) is 9.70.